The van der Waals surface area contributed by atoms with Gasteiger partial charge >= 0.3 is 0 Å². The van der Waals surface area contributed by atoms with Crippen LogP contribution in [0.2, 0.25) is 0 Å². The van der Waals surface area contributed by atoms with E-state index in [4.69, 9.17) is 0 Å². The van der Waals surface area contributed by atoms with Gasteiger partial charge in [-0.3, -0.25) is 4.79 Å². The van der Waals surface area contributed by atoms with Crippen LogP contribution in [-0.2, 0) is 0 Å². The highest BCUT2D eigenvalue weighted by molar-refractivity contribution is 7.18. The third-order valence-electron chi connectivity index (χ3n) is 2.42. The van der Waals surface area contributed by atoms with Crippen LogP contribution in [0.3, 0.4) is 0 Å². The number of benzene rings is 1. The number of aryl methyl sites for hydroxylation is 1. The van der Waals surface area contributed by atoms with Gasteiger partial charge in [-0.1, -0.05) is 30.9 Å². The molecule has 80 valence electrons. The van der Waals surface area contributed by atoms with Crippen molar-refractivity contribution in [2.45, 2.75) is 6.92 Å². The smallest absolute Gasteiger partial charge is 0.195 e. The number of hydrogen-bond donors (Lipinski definition) is 0. The summed E-state index contributed by atoms with van der Waals surface area (Å²) >= 11 is 1.65. The Kier molecular flexibility index (Phi) is 3.02. The molecule has 0 fully saturated rings. The van der Waals surface area contributed by atoms with Gasteiger partial charge in [0.05, 0.1) is 0 Å². The third kappa shape index (κ3) is 1.84. The van der Waals surface area contributed by atoms with Crippen LogP contribution < -0.4 is 5.43 Å². The highest BCUT2D eigenvalue weighted by Crippen LogP contribution is 2.21. The molecule has 0 N–H and O–H groups in total. The molecule has 0 atom stereocenters. The molecule has 2 aromatic rings. The van der Waals surface area contributed by atoms with Crippen LogP contribution in [-0.4, -0.2) is 0 Å². The molecular formula is C14H12OS. The summed E-state index contributed by atoms with van der Waals surface area (Å²) in [5, 5.41) is 0.793. The first-order valence-corrected chi connectivity index (χ1v) is 5.87. The lowest BCUT2D eigenvalue weighted by Crippen LogP contribution is -2.05. The Morgan fingerprint density at radius 1 is 1.31 bits per heavy atom. The van der Waals surface area contributed by atoms with Crippen LogP contribution in [0.15, 0.2) is 47.8 Å². The molecule has 0 unspecified atom stereocenters. The van der Waals surface area contributed by atoms with E-state index >= 15 is 0 Å². The SMILES string of the molecule is C=C/C=C\c1c(C)sc2ccccc2c1=O. The summed E-state index contributed by atoms with van der Waals surface area (Å²) in [5.74, 6) is 0. The Bertz CT molecular complexity index is 620. The molecule has 0 spiro atoms. The van der Waals surface area contributed by atoms with Crippen LogP contribution in [0, 0.1) is 6.92 Å². The summed E-state index contributed by atoms with van der Waals surface area (Å²) in [6, 6.07) is 7.71. The van der Waals surface area contributed by atoms with Gasteiger partial charge in [0.15, 0.2) is 5.43 Å². The molecule has 0 aliphatic heterocycles. The van der Waals surface area contributed by atoms with Gasteiger partial charge in [0.25, 0.3) is 0 Å². The fraction of sp³-hybridized carbons (Fsp3) is 0.0714. The van der Waals surface area contributed by atoms with Crippen molar-refractivity contribution in [2.24, 2.45) is 0 Å². The summed E-state index contributed by atoms with van der Waals surface area (Å²) in [5.41, 5.74) is 0.869. The molecule has 1 aromatic heterocycles. The van der Waals surface area contributed by atoms with Crippen molar-refractivity contribution in [2.75, 3.05) is 0 Å². The normalized spacial score (nSPS) is 11.1. The van der Waals surface area contributed by atoms with Gasteiger partial charge in [-0.05, 0) is 25.1 Å². The predicted octanol–water partition coefficient (Wildman–Crippen LogP) is 3.77. The van der Waals surface area contributed by atoms with Crippen molar-refractivity contribution in [3.05, 3.63) is 63.7 Å². The highest BCUT2D eigenvalue weighted by Gasteiger charge is 2.05. The first-order chi connectivity index (χ1) is 7.74. The number of rotatable bonds is 2. The Labute approximate surface area is 98.4 Å². The second-order valence-corrected chi connectivity index (χ2v) is 4.75. The summed E-state index contributed by atoms with van der Waals surface area (Å²) in [6.07, 6.45) is 5.30. The molecule has 1 heterocycles. The topological polar surface area (TPSA) is 17.1 Å². The standard InChI is InChI=1S/C14H12OS/c1-3-4-7-11-10(2)16-13-9-6-5-8-12(13)14(11)15/h3-9H,1H2,2H3/b7-4-. The Morgan fingerprint density at radius 3 is 2.81 bits per heavy atom. The number of allylic oxidation sites excluding steroid dienone is 2. The molecule has 1 aromatic carbocycles. The zero-order valence-electron chi connectivity index (χ0n) is 9.07. The quantitative estimate of drug-likeness (QED) is 0.715. The van der Waals surface area contributed by atoms with E-state index in [1.54, 1.807) is 23.5 Å². The first kappa shape index (κ1) is 10.8. The lowest BCUT2D eigenvalue weighted by Gasteiger charge is -2.01. The van der Waals surface area contributed by atoms with Crippen molar-refractivity contribution < 1.29 is 0 Å². The molecule has 0 aliphatic carbocycles. The molecule has 0 amide bonds. The van der Waals surface area contributed by atoms with E-state index in [1.165, 1.54) is 0 Å². The zero-order chi connectivity index (χ0) is 11.5. The van der Waals surface area contributed by atoms with Crippen molar-refractivity contribution in [3.63, 3.8) is 0 Å². The van der Waals surface area contributed by atoms with E-state index in [9.17, 15) is 4.79 Å². The van der Waals surface area contributed by atoms with E-state index in [2.05, 4.69) is 6.58 Å². The monoisotopic (exact) mass is 228 g/mol. The summed E-state index contributed by atoms with van der Waals surface area (Å²) < 4.78 is 1.04. The summed E-state index contributed by atoms with van der Waals surface area (Å²) in [4.78, 5) is 13.2. The molecular weight excluding hydrogens is 216 g/mol. The first-order valence-electron chi connectivity index (χ1n) is 5.05. The van der Waals surface area contributed by atoms with Crippen LogP contribution >= 0.6 is 11.3 Å². The molecule has 0 aliphatic rings. The van der Waals surface area contributed by atoms with E-state index in [0.29, 0.717) is 0 Å². The van der Waals surface area contributed by atoms with Crippen LogP contribution in [0.4, 0.5) is 0 Å². The van der Waals surface area contributed by atoms with Crippen LogP contribution in [0.25, 0.3) is 16.2 Å². The van der Waals surface area contributed by atoms with Crippen LogP contribution in [0.5, 0.6) is 0 Å². The fourth-order valence-electron chi connectivity index (χ4n) is 1.63. The van der Waals surface area contributed by atoms with Gasteiger partial charge < -0.3 is 0 Å². The van der Waals surface area contributed by atoms with Gasteiger partial charge in [0.1, 0.15) is 0 Å². The van der Waals surface area contributed by atoms with E-state index < -0.39 is 0 Å². The minimum atomic E-state index is 0.102. The van der Waals surface area contributed by atoms with E-state index in [-0.39, 0.29) is 5.43 Å². The minimum Gasteiger partial charge on any atom is -0.289 e. The Balaban J connectivity index is 2.80. The second kappa shape index (κ2) is 4.45. The number of hydrogen-bond acceptors (Lipinski definition) is 2. The lowest BCUT2D eigenvalue weighted by atomic mass is 10.1. The van der Waals surface area contributed by atoms with Gasteiger partial charge in [0.2, 0.25) is 0 Å². The molecule has 0 bridgehead atoms. The maximum atomic E-state index is 12.2. The van der Waals surface area contributed by atoms with Gasteiger partial charge in [-0.2, -0.15) is 0 Å². The van der Waals surface area contributed by atoms with E-state index in [0.717, 1.165) is 20.5 Å². The van der Waals surface area contributed by atoms with Gasteiger partial charge in [0, 0.05) is 20.5 Å². The maximum absolute atomic E-state index is 12.2. The van der Waals surface area contributed by atoms with Crippen molar-refractivity contribution in [3.8, 4) is 0 Å². The zero-order valence-corrected chi connectivity index (χ0v) is 9.88. The van der Waals surface area contributed by atoms with Crippen molar-refractivity contribution in [1.82, 2.24) is 0 Å². The van der Waals surface area contributed by atoms with Crippen molar-refractivity contribution in [1.29, 1.82) is 0 Å². The summed E-state index contributed by atoms with van der Waals surface area (Å²) in [6.45, 7) is 5.59. The number of fused-ring (bicyclic) bond motifs is 1. The second-order valence-electron chi connectivity index (χ2n) is 3.49. The molecule has 16 heavy (non-hydrogen) atoms. The maximum Gasteiger partial charge on any atom is 0.195 e. The van der Waals surface area contributed by atoms with Gasteiger partial charge in [-0.15, -0.1) is 11.3 Å². The molecule has 0 radical (unpaired) electrons. The van der Waals surface area contributed by atoms with Crippen molar-refractivity contribution >= 4 is 27.5 Å². The average molecular weight is 228 g/mol. The Hall–Kier alpha value is -1.67. The highest BCUT2D eigenvalue weighted by atomic mass is 32.1. The molecule has 1 nitrogen and oxygen atoms in total. The molecule has 2 heteroatoms. The Morgan fingerprint density at radius 2 is 2.06 bits per heavy atom. The third-order valence-corrected chi connectivity index (χ3v) is 3.52. The molecule has 2 rings (SSSR count). The van der Waals surface area contributed by atoms with Gasteiger partial charge in [-0.25, -0.2) is 0 Å². The minimum absolute atomic E-state index is 0.102. The fourth-order valence-corrected chi connectivity index (χ4v) is 2.64. The molecule has 0 saturated heterocycles. The largest absolute Gasteiger partial charge is 0.289 e. The lowest BCUT2D eigenvalue weighted by molar-refractivity contribution is 1.52. The molecule has 0 saturated carbocycles. The summed E-state index contributed by atoms with van der Waals surface area (Å²) in [7, 11) is 0. The predicted molar refractivity (Wildman–Crippen MR) is 72.1 cm³/mol. The van der Waals surface area contributed by atoms with E-state index in [1.807, 2.05) is 37.3 Å². The average Bonchev–Trinajstić information content (AvgIpc) is 2.29. The van der Waals surface area contributed by atoms with Crippen LogP contribution in [0.1, 0.15) is 10.4 Å².